The first kappa shape index (κ1) is 18.6. The Morgan fingerprint density at radius 3 is 2.59 bits per heavy atom. The molecule has 27 heavy (non-hydrogen) atoms. The van der Waals surface area contributed by atoms with Gasteiger partial charge in [-0.3, -0.25) is 19.8 Å². The molecule has 3 rings (SSSR count). The van der Waals surface area contributed by atoms with Crippen LogP contribution in [0.3, 0.4) is 0 Å². The molecule has 142 valence electrons. The Morgan fingerprint density at radius 2 is 1.93 bits per heavy atom. The van der Waals surface area contributed by atoms with Crippen molar-refractivity contribution in [2.45, 2.75) is 0 Å². The number of rotatable bonds is 5. The first-order chi connectivity index (χ1) is 12.9. The van der Waals surface area contributed by atoms with Crippen LogP contribution in [0.4, 0.5) is 25.8 Å². The second-order valence-corrected chi connectivity index (χ2v) is 6.07. The van der Waals surface area contributed by atoms with Crippen LogP contribution in [-0.4, -0.2) is 53.4 Å². The molecular formula is C17H17F2N5O3. The number of aromatic nitrogens is 1. The van der Waals surface area contributed by atoms with Gasteiger partial charge in [-0.2, -0.15) is 8.78 Å². The van der Waals surface area contributed by atoms with E-state index in [-0.39, 0.29) is 18.1 Å². The van der Waals surface area contributed by atoms with Gasteiger partial charge in [0.15, 0.2) is 0 Å². The number of amides is 1. The third-order valence-corrected chi connectivity index (χ3v) is 4.24. The molecule has 1 aliphatic rings. The van der Waals surface area contributed by atoms with E-state index in [2.05, 4.69) is 10.3 Å². The van der Waals surface area contributed by atoms with Crippen molar-refractivity contribution >= 4 is 23.0 Å². The topological polar surface area (TPSA) is 91.6 Å². The average molecular weight is 377 g/mol. The quantitative estimate of drug-likeness (QED) is 0.487. The number of pyridine rings is 1. The summed E-state index contributed by atoms with van der Waals surface area (Å²) >= 11 is 0. The van der Waals surface area contributed by atoms with E-state index < -0.39 is 22.4 Å². The molecule has 0 radical (unpaired) electrons. The molecule has 1 fully saturated rings. The minimum Gasteiger partial charge on any atom is -0.369 e. The number of nitrogens with zero attached hydrogens (tertiary/aromatic N) is 4. The second-order valence-electron chi connectivity index (χ2n) is 6.07. The number of hydrogen-bond donors (Lipinski definition) is 1. The van der Waals surface area contributed by atoms with Crippen LogP contribution < -0.4 is 10.2 Å². The molecule has 1 N–H and O–H groups in total. The van der Waals surface area contributed by atoms with Gasteiger partial charge in [0, 0.05) is 55.9 Å². The van der Waals surface area contributed by atoms with Crippen LogP contribution in [0.15, 0.2) is 36.5 Å². The van der Waals surface area contributed by atoms with Gasteiger partial charge in [-0.05, 0) is 18.2 Å². The van der Waals surface area contributed by atoms with Crippen molar-refractivity contribution in [3.05, 3.63) is 58.4 Å². The number of benzene rings is 1. The largest absolute Gasteiger partial charge is 0.369 e. The summed E-state index contributed by atoms with van der Waals surface area (Å²) in [6, 6.07) is 6.30. The summed E-state index contributed by atoms with van der Waals surface area (Å²) in [5, 5.41) is 13.3. The summed E-state index contributed by atoms with van der Waals surface area (Å²) in [5.74, 6) is -1.84. The molecule has 1 amide bonds. The molecule has 0 bridgehead atoms. The summed E-state index contributed by atoms with van der Waals surface area (Å²) in [6.07, 6.45) is 1.41. The predicted octanol–water partition coefficient (Wildman–Crippen LogP) is 2.03. The summed E-state index contributed by atoms with van der Waals surface area (Å²) in [4.78, 5) is 29.5. The molecule has 0 saturated carbocycles. The Labute approximate surface area is 153 Å². The Morgan fingerprint density at radius 1 is 1.19 bits per heavy atom. The van der Waals surface area contributed by atoms with Crippen molar-refractivity contribution in [2.24, 2.45) is 0 Å². The van der Waals surface area contributed by atoms with E-state index >= 15 is 0 Å². The molecule has 2 heterocycles. The summed E-state index contributed by atoms with van der Waals surface area (Å²) in [5.41, 5.74) is 0.218. The molecular weight excluding hydrogens is 360 g/mol. The highest BCUT2D eigenvalue weighted by atomic mass is 19.1. The van der Waals surface area contributed by atoms with Crippen LogP contribution >= 0.6 is 0 Å². The van der Waals surface area contributed by atoms with Gasteiger partial charge in [0.2, 0.25) is 17.7 Å². The maximum Gasteiger partial charge on any atom is 0.306 e. The Balaban J connectivity index is 1.52. The van der Waals surface area contributed by atoms with Crippen molar-refractivity contribution in [1.82, 2.24) is 9.88 Å². The van der Waals surface area contributed by atoms with E-state index in [0.29, 0.717) is 26.2 Å². The third kappa shape index (κ3) is 4.73. The van der Waals surface area contributed by atoms with E-state index in [4.69, 9.17) is 0 Å². The predicted molar refractivity (Wildman–Crippen MR) is 94.5 cm³/mol. The Bertz CT molecular complexity index is 856. The van der Waals surface area contributed by atoms with Crippen LogP contribution in [0.1, 0.15) is 0 Å². The Kier molecular flexibility index (Phi) is 5.55. The molecule has 1 aromatic carbocycles. The van der Waals surface area contributed by atoms with Gasteiger partial charge >= 0.3 is 5.69 Å². The number of halogens is 2. The average Bonchev–Trinajstić information content (AvgIpc) is 2.63. The fourth-order valence-electron chi connectivity index (χ4n) is 2.89. The molecule has 0 atom stereocenters. The molecule has 1 saturated heterocycles. The van der Waals surface area contributed by atoms with E-state index in [9.17, 15) is 23.7 Å². The van der Waals surface area contributed by atoms with Crippen molar-refractivity contribution < 1.29 is 18.5 Å². The van der Waals surface area contributed by atoms with E-state index in [0.717, 1.165) is 17.8 Å². The minimum atomic E-state index is -0.957. The fraction of sp³-hybridized carbons (Fsp3) is 0.294. The summed E-state index contributed by atoms with van der Waals surface area (Å²) in [6.45, 7) is 2.54. The highest BCUT2D eigenvalue weighted by molar-refractivity contribution is 5.92. The van der Waals surface area contributed by atoms with Crippen LogP contribution in [0.25, 0.3) is 0 Å². The van der Waals surface area contributed by atoms with Crippen LogP contribution in [-0.2, 0) is 4.79 Å². The zero-order valence-corrected chi connectivity index (χ0v) is 14.3. The number of hydrogen-bond acceptors (Lipinski definition) is 6. The van der Waals surface area contributed by atoms with Crippen molar-refractivity contribution in [3.63, 3.8) is 0 Å². The van der Waals surface area contributed by atoms with Gasteiger partial charge in [-0.25, -0.2) is 4.98 Å². The number of nitrogens with one attached hydrogen (secondary N) is 1. The maximum absolute atomic E-state index is 13.3. The third-order valence-electron chi connectivity index (χ3n) is 4.24. The normalized spacial score (nSPS) is 14.8. The molecule has 10 heteroatoms. The van der Waals surface area contributed by atoms with Crippen molar-refractivity contribution in [2.75, 3.05) is 42.9 Å². The highest BCUT2D eigenvalue weighted by Gasteiger charge is 2.20. The number of nitro benzene ring substituents is 1. The number of carbonyl (C=O) groups is 1. The molecule has 1 aliphatic heterocycles. The minimum absolute atomic E-state index is 0.101. The van der Waals surface area contributed by atoms with Gasteiger partial charge in [-0.15, -0.1) is 0 Å². The van der Waals surface area contributed by atoms with Gasteiger partial charge in [0.25, 0.3) is 0 Å². The van der Waals surface area contributed by atoms with Gasteiger partial charge in [-0.1, -0.05) is 0 Å². The first-order valence-electron chi connectivity index (χ1n) is 8.25. The SMILES string of the molecule is O=C(CN1CCN(c2ccnc(F)c2)CC1)Nc1ccc(F)c([N+](=O)[O-])c1. The van der Waals surface area contributed by atoms with Crippen molar-refractivity contribution in [3.8, 4) is 0 Å². The molecule has 0 aliphatic carbocycles. The van der Waals surface area contributed by atoms with Crippen LogP contribution in [0, 0.1) is 21.9 Å². The molecule has 0 unspecified atom stereocenters. The van der Waals surface area contributed by atoms with Gasteiger partial charge < -0.3 is 10.2 Å². The van der Waals surface area contributed by atoms with Crippen LogP contribution in [0.5, 0.6) is 0 Å². The fourth-order valence-corrected chi connectivity index (χ4v) is 2.89. The summed E-state index contributed by atoms with van der Waals surface area (Å²) < 4.78 is 26.6. The zero-order valence-electron chi connectivity index (χ0n) is 14.3. The first-order valence-corrected chi connectivity index (χ1v) is 8.25. The molecule has 2 aromatic rings. The lowest BCUT2D eigenvalue weighted by molar-refractivity contribution is -0.387. The van der Waals surface area contributed by atoms with Crippen LogP contribution in [0.2, 0.25) is 0 Å². The van der Waals surface area contributed by atoms with Gasteiger partial charge in [0.1, 0.15) is 0 Å². The number of anilines is 2. The second kappa shape index (κ2) is 8.04. The lowest BCUT2D eigenvalue weighted by Crippen LogP contribution is -2.48. The maximum atomic E-state index is 13.3. The molecule has 8 nitrogen and oxygen atoms in total. The van der Waals surface area contributed by atoms with Crippen molar-refractivity contribution in [1.29, 1.82) is 0 Å². The number of nitro groups is 1. The standard InChI is InChI=1S/C17H17F2N5O3/c18-14-2-1-12(9-15(14)24(26)27)21-17(25)11-22-5-7-23(8-6-22)13-3-4-20-16(19)10-13/h1-4,9-10H,5-8,11H2,(H,21,25). The molecule has 1 aromatic heterocycles. The lowest BCUT2D eigenvalue weighted by atomic mass is 10.2. The highest BCUT2D eigenvalue weighted by Crippen LogP contribution is 2.21. The lowest BCUT2D eigenvalue weighted by Gasteiger charge is -2.35. The summed E-state index contributed by atoms with van der Waals surface area (Å²) in [7, 11) is 0. The van der Waals surface area contributed by atoms with E-state index in [1.54, 1.807) is 6.07 Å². The van der Waals surface area contributed by atoms with Gasteiger partial charge in [0.05, 0.1) is 11.5 Å². The van der Waals surface area contributed by atoms with E-state index in [1.807, 2.05) is 9.80 Å². The molecule has 0 spiro atoms. The number of piperazine rings is 1. The Hall–Kier alpha value is -3.14. The monoisotopic (exact) mass is 377 g/mol. The number of carbonyl (C=O) groups excluding carboxylic acids is 1. The zero-order chi connectivity index (χ0) is 19.4. The smallest absolute Gasteiger partial charge is 0.306 e. The van der Waals surface area contributed by atoms with E-state index in [1.165, 1.54) is 18.3 Å².